The summed E-state index contributed by atoms with van der Waals surface area (Å²) in [6.07, 6.45) is 2.58. The minimum absolute atomic E-state index is 0.0558. The second kappa shape index (κ2) is 7.39. The van der Waals surface area contributed by atoms with Gasteiger partial charge in [-0.15, -0.1) is 0 Å². The SMILES string of the molecule is CC(CC(Cc1cc(Cl)ccc1F)NN)CC(C)(C)C. The van der Waals surface area contributed by atoms with Crippen LogP contribution in [0.3, 0.4) is 0 Å². The van der Waals surface area contributed by atoms with E-state index in [4.69, 9.17) is 17.4 Å². The van der Waals surface area contributed by atoms with E-state index in [-0.39, 0.29) is 11.9 Å². The van der Waals surface area contributed by atoms with Gasteiger partial charge in [0, 0.05) is 11.1 Å². The van der Waals surface area contributed by atoms with E-state index in [0.29, 0.717) is 28.3 Å². The third kappa shape index (κ3) is 6.21. The molecule has 0 aliphatic rings. The van der Waals surface area contributed by atoms with Crippen LogP contribution in [0.1, 0.15) is 46.1 Å². The lowest BCUT2D eigenvalue weighted by Crippen LogP contribution is -2.38. The molecule has 2 nitrogen and oxygen atoms in total. The molecule has 0 saturated heterocycles. The average Bonchev–Trinajstić information content (AvgIpc) is 2.30. The predicted octanol–water partition coefficient (Wildman–Crippen LogP) is 4.32. The van der Waals surface area contributed by atoms with Gasteiger partial charge in [-0.05, 0) is 54.4 Å². The summed E-state index contributed by atoms with van der Waals surface area (Å²) in [5.41, 5.74) is 3.71. The average molecular weight is 301 g/mol. The molecule has 20 heavy (non-hydrogen) atoms. The predicted molar refractivity (Wildman–Crippen MR) is 84.1 cm³/mol. The highest BCUT2D eigenvalue weighted by molar-refractivity contribution is 6.30. The van der Waals surface area contributed by atoms with Crippen LogP contribution in [0.4, 0.5) is 4.39 Å². The van der Waals surface area contributed by atoms with Crippen LogP contribution in [0.25, 0.3) is 0 Å². The van der Waals surface area contributed by atoms with E-state index in [9.17, 15) is 4.39 Å². The van der Waals surface area contributed by atoms with Crippen molar-refractivity contribution in [1.82, 2.24) is 5.43 Å². The lowest BCUT2D eigenvalue weighted by molar-refractivity contribution is 0.274. The molecule has 0 aliphatic carbocycles. The van der Waals surface area contributed by atoms with Crippen molar-refractivity contribution in [2.75, 3.05) is 0 Å². The molecule has 0 fully saturated rings. The van der Waals surface area contributed by atoms with Crippen molar-refractivity contribution in [3.05, 3.63) is 34.6 Å². The summed E-state index contributed by atoms with van der Waals surface area (Å²) in [5, 5.41) is 0.555. The van der Waals surface area contributed by atoms with Crippen molar-refractivity contribution in [1.29, 1.82) is 0 Å². The molecule has 1 rings (SSSR count). The Bertz CT molecular complexity index is 429. The van der Waals surface area contributed by atoms with Gasteiger partial charge in [-0.25, -0.2) is 4.39 Å². The summed E-state index contributed by atoms with van der Waals surface area (Å²) in [5.74, 6) is 5.92. The van der Waals surface area contributed by atoms with Crippen molar-refractivity contribution < 1.29 is 4.39 Å². The zero-order valence-corrected chi connectivity index (χ0v) is 13.6. The second-order valence-corrected chi connectivity index (χ2v) is 7.35. The van der Waals surface area contributed by atoms with Gasteiger partial charge in [-0.3, -0.25) is 11.3 Å². The Morgan fingerprint density at radius 2 is 2.00 bits per heavy atom. The first-order valence-electron chi connectivity index (χ1n) is 7.11. The monoisotopic (exact) mass is 300 g/mol. The van der Waals surface area contributed by atoms with Gasteiger partial charge in [0.1, 0.15) is 5.82 Å². The first-order chi connectivity index (χ1) is 9.21. The molecule has 0 bridgehead atoms. The maximum absolute atomic E-state index is 13.7. The van der Waals surface area contributed by atoms with Gasteiger partial charge in [-0.2, -0.15) is 0 Å². The summed E-state index contributed by atoms with van der Waals surface area (Å²) in [7, 11) is 0. The normalized spacial score (nSPS) is 15.2. The van der Waals surface area contributed by atoms with E-state index in [1.54, 1.807) is 12.1 Å². The van der Waals surface area contributed by atoms with Crippen LogP contribution in [0.5, 0.6) is 0 Å². The number of halogens is 2. The molecule has 3 N–H and O–H groups in total. The van der Waals surface area contributed by atoms with Crippen LogP contribution in [0, 0.1) is 17.2 Å². The molecule has 0 aromatic heterocycles. The Hall–Kier alpha value is -0.640. The van der Waals surface area contributed by atoms with Crippen LogP contribution in [-0.2, 0) is 6.42 Å². The molecule has 0 heterocycles. The molecule has 2 unspecified atom stereocenters. The lowest BCUT2D eigenvalue weighted by Gasteiger charge is -2.26. The molecule has 0 spiro atoms. The van der Waals surface area contributed by atoms with Crippen LogP contribution >= 0.6 is 11.6 Å². The number of nitrogens with two attached hydrogens (primary N) is 1. The Labute approximate surface area is 126 Å². The fourth-order valence-electron chi connectivity index (χ4n) is 2.79. The second-order valence-electron chi connectivity index (χ2n) is 6.91. The first kappa shape index (κ1) is 17.4. The summed E-state index contributed by atoms with van der Waals surface area (Å²) < 4.78 is 13.7. The summed E-state index contributed by atoms with van der Waals surface area (Å²) in [6, 6.07) is 4.70. The molecule has 1 aromatic rings. The molecular formula is C16H26ClFN2. The van der Waals surface area contributed by atoms with Crippen LogP contribution in [0.15, 0.2) is 18.2 Å². The van der Waals surface area contributed by atoms with E-state index in [1.165, 1.54) is 6.07 Å². The fourth-order valence-corrected chi connectivity index (χ4v) is 2.98. The van der Waals surface area contributed by atoms with Crippen LogP contribution in [-0.4, -0.2) is 6.04 Å². The van der Waals surface area contributed by atoms with Gasteiger partial charge in [0.2, 0.25) is 0 Å². The number of benzene rings is 1. The van der Waals surface area contributed by atoms with Crippen molar-refractivity contribution in [3.8, 4) is 0 Å². The molecule has 0 saturated carbocycles. The summed E-state index contributed by atoms with van der Waals surface area (Å²) in [4.78, 5) is 0. The van der Waals surface area contributed by atoms with Crippen molar-refractivity contribution in [2.45, 2.75) is 53.0 Å². The van der Waals surface area contributed by atoms with E-state index < -0.39 is 0 Å². The van der Waals surface area contributed by atoms with Gasteiger partial charge in [0.15, 0.2) is 0 Å². The molecular weight excluding hydrogens is 275 g/mol. The smallest absolute Gasteiger partial charge is 0.126 e. The number of hydrogen-bond acceptors (Lipinski definition) is 2. The van der Waals surface area contributed by atoms with E-state index >= 15 is 0 Å². The number of hydrogen-bond donors (Lipinski definition) is 2. The van der Waals surface area contributed by atoms with Crippen LogP contribution in [0.2, 0.25) is 5.02 Å². The Morgan fingerprint density at radius 3 is 2.55 bits per heavy atom. The molecule has 0 radical (unpaired) electrons. The van der Waals surface area contributed by atoms with Gasteiger partial charge in [-0.1, -0.05) is 39.3 Å². The Balaban J connectivity index is 2.65. The molecule has 0 amide bonds. The molecule has 2 atom stereocenters. The van der Waals surface area contributed by atoms with Crippen LogP contribution < -0.4 is 11.3 Å². The lowest BCUT2D eigenvalue weighted by atomic mass is 9.82. The van der Waals surface area contributed by atoms with E-state index in [0.717, 1.165) is 12.8 Å². The highest BCUT2D eigenvalue weighted by Gasteiger charge is 2.19. The largest absolute Gasteiger partial charge is 0.271 e. The maximum Gasteiger partial charge on any atom is 0.126 e. The molecule has 114 valence electrons. The van der Waals surface area contributed by atoms with Gasteiger partial charge in [0.25, 0.3) is 0 Å². The van der Waals surface area contributed by atoms with E-state index in [2.05, 4.69) is 33.1 Å². The Morgan fingerprint density at radius 1 is 1.35 bits per heavy atom. The molecule has 0 aliphatic heterocycles. The first-order valence-corrected chi connectivity index (χ1v) is 7.49. The fraction of sp³-hybridized carbons (Fsp3) is 0.625. The minimum atomic E-state index is -0.224. The van der Waals surface area contributed by atoms with Gasteiger partial charge in [0.05, 0.1) is 0 Å². The van der Waals surface area contributed by atoms with Gasteiger partial charge < -0.3 is 0 Å². The topological polar surface area (TPSA) is 38.0 Å². The van der Waals surface area contributed by atoms with Gasteiger partial charge >= 0.3 is 0 Å². The van der Waals surface area contributed by atoms with Crippen molar-refractivity contribution >= 4 is 11.6 Å². The zero-order chi connectivity index (χ0) is 15.3. The van der Waals surface area contributed by atoms with E-state index in [1.807, 2.05) is 0 Å². The van der Waals surface area contributed by atoms with Crippen molar-refractivity contribution in [3.63, 3.8) is 0 Å². The molecule has 1 aromatic carbocycles. The third-order valence-electron chi connectivity index (χ3n) is 3.36. The number of hydrazine groups is 1. The quantitative estimate of drug-likeness (QED) is 0.606. The number of nitrogens with one attached hydrogen (secondary N) is 1. The summed E-state index contributed by atoms with van der Waals surface area (Å²) in [6.45, 7) is 8.89. The highest BCUT2D eigenvalue weighted by Crippen LogP contribution is 2.27. The maximum atomic E-state index is 13.7. The zero-order valence-electron chi connectivity index (χ0n) is 12.8. The highest BCUT2D eigenvalue weighted by atomic mass is 35.5. The Kier molecular flexibility index (Phi) is 6.44. The standard InChI is InChI=1S/C16H26ClFN2/c1-11(10-16(2,3)4)7-14(20-19)9-12-8-13(17)5-6-15(12)18/h5-6,8,11,14,20H,7,9-10,19H2,1-4H3. The minimum Gasteiger partial charge on any atom is -0.271 e. The number of rotatable bonds is 6. The third-order valence-corrected chi connectivity index (χ3v) is 3.59. The molecule has 4 heteroatoms. The van der Waals surface area contributed by atoms with Crippen molar-refractivity contribution in [2.24, 2.45) is 17.2 Å². The summed E-state index contributed by atoms with van der Waals surface area (Å²) >= 11 is 5.92.